The van der Waals surface area contributed by atoms with Crippen molar-refractivity contribution in [3.8, 4) is 17.0 Å². The van der Waals surface area contributed by atoms with Gasteiger partial charge in [0.2, 0.25) is 5.88 Å². The van der Waals surface area contributed by atoms with Crippen LogP contribution in [0.4, 0.5) is 8.78 Å². The van der Waals surface area contributed by atoms with Gasteiger partial charge >= 0.3 is 5.92 Å². The molecule has 0 radical (unpaired) electrons. The Kier molecular flexibility index (Phi) is 3.72. The van der Waals surface area contributed by atoms with Gasteiger partial charge in [0.15, 0.2) is 12.3 Å². The Hall–Kier alpha value is -2.15. The summed E-state index contributed by atoms with van der Waals surface area (Å²) in [7, 11) is 0. The summed E-state index contributed by atoms with van der Waals surface area (Å²) in [4.78, 5) is 12.6. The minimum Gasteiger partial charge on any atom is -0.471 e. The van der Waals surface area contributed by atoms with Crippen molar-refractivity contribution in [2.24, 2.45) is 0 Å². The van der Waals surface area contributed by atoms with Crippen molar-refractivity contribution >= 4 is 17.5 Å². The van der Waals surface area contributed by atoms with E-state index in [1.54, 1.807) is 18.2 Å². The van der Waals surface area contributed by atoms with Crippen LogP contribution in [0.1, 0.15) is 28.9 Å². The van der Waals surface area contributed by atoms with Gasteiger partial charge in [0.1, 0.15) is 6.54 Å². The Morgan fingerprint density at radius 2 is 2.20 bits per heavy atom. The first kappa shape index (κ1) is 16.3. The van der Waals surface area contributed by atoms with Gasteiger partial charge in [-0.15, -0.1) is 0 Å². The Balaban J connectivity index is 1.85. The lowest BCUT2D eigenvalue weighted by atomic mass is 10.00. The fraction of sp³-hybridized carbons (Fsp3) is 0.412. The number of nitrogens with one attached hydrogen (secondary N) is 1. The molecule has 2 heterocycles. The van der Waals surface area contributed by atoms with Crippen molar-refractivity contribution in [2.45, 2.75) is 38.3 Å². The van der Waals surface area contributed by atoms with Crippen LogP contribution in [-0.4, -0.2) is 34.3 Å². The molecule has 0 spiro atoms. The fourth-order valence-electron chi connectivity index (χ4n) is 2.93. The first-order valence-corrected chi connectivity index (χ1v) is 8.41. The number of aromatic nitrogens is 2. The largest absolute Gasteiger partial charge is 0.471 e. The number of ether oxygens (including phenoxy) is 1. The van der Waals surface area contributed by atoms with Crippen LogP contribution in [0.2, 0.25) is 5.02 Å². The third-order valence-corrected chi connectivity index (χ3v) is 4.53. The maximum absolute atomic E-state index is 13.7. The molecule has 1 saturated carbocycles. The number of hydrogen-bond donors (Lipinski definition) is 1. The molecule has 1 aromatic carbocycles. The Morgan fingerprint density at radius 1 is 1.44 bits per heavy atom. The van der Waals surface area contributed by atoms with E-state index in [9.17, 15) is 13.6 Å². The molecule has 1 N–H and O–H groups in total. The van der Waals surface area contributed by atoms with Gasteiger partial charge in [-0.05, 0) is 43.0 Å². The monoisotopic (exact) mass is 367 g/mol. The van der Waals surface area contributed by atoms with Crippen LogP contribution in [0.15, 0.2) is 18.2 Å². The third kappa shape index (κ3) is 3.08. The van der Waals surface area contributed by atoms with E-state index in [0.29, 0.717) is 16.1 Å². The SMILES string of the molecule is Cc1cc(Cl)ccc1-c1c(C(=O)NC2CC2)nn2c1OCC(F)(F)C2. The minimum atomic E-state index is -3.02. The second-order valence-corrected chi connectivity index (χ2v) is 6.97. The topological polar surface area (TPSA) is 56.2 Å². The lowest BCUT2D eigenvalue weighted by Crippen LogP contribution is -2.36. The van der Waals surface area contributed by atoms with E-state index < -0.39 is 19.1 Å². The molecular formula is C17H16ClF2N3O2. The molecule has 0 unspecified atom stereocenters. The molecule has 1 aliphatic carbocycles. The summed E-state index contributed by atoms with van der Waals surface area (Å²) < 4.78 is 33.7. The van der Waals surface area contributed by atoms with Crippen LogP contribution in [0.3, 0.4) is 0 Å². The Labute approximate surface area is 147 Å². The highest BCUT2D eigenvalue weighted by atomic mass is 35.5. The predicted molar refractivity (Wildman–Crippen MR) is 88.3 cm³/mol. The molecule has 0 bridgehead atoms. The zero-order valence-electron chi connectivity index (χ0n) is 13.5. The number of amides is 1. The van der Waals surface area contributed by atoms with E-state index in [-0.39, 0.29) is 23.5 Å². The molecule has 5 nitrogen and oxygen atoms in total. The summed E-state index contributed by atoms with van der Waals surface area (Å²) in [5, 5.41) is 7.55. The van der Waals surface area contributed by atoms with Crippen LogP contribution in [0.25, 0.3) is 11.1 Å². The van der Waals surface area contributed by atoms with E-state index in [0.717, 1.165) is 23.1 Å². The number of halogens is 3. The van der Waals surface area contributed by atoms with Crippen molar-refractivity contribution in [1.29, 1.82) is 0 Å². The van der Waals surface area contributed by atoms with Crippen molar-refractivity contribution in [1.82, 2.24) is 15.1 Å². The normalized spacial score (nSPS) is 18.4. The molecule has 8 heteroatoms. The minimum absolute atomic E-state index is 0.102. The second-order valence-electron chi connectivity index (χ2n) is 6.54. The molecule has 1 aromatic heterocycles. The molecule has 2 aliphatic rings. The molecule has 132 valence electrons. The van der Waals surface area contributed by atoms with E-state index in [2.05, 4.69) is 10.4 Å². The highest BCUT2D eigenvalue weighted by molar-refractivity contribution is 6.30. The average Bonchev–Trinajstić information content (AvgIpc) is 3.26. The van der Waals surface area contributed by atoms with Crippen molar-refractivity contribution in [2.75, 3.05) is 6.61 Å². The molecule has 0 atom stereocenters. The highest BCUT2D eigenvalue weighted by Crippen LogP contribution is 2.40. The molecule has 2 aromatic rings. The summed E-state index contributed by atoms with van der Waals surface area (Å²) in [6.07, 6.45) is 1.84. The number of rotatable bonds is 3. The zero-order valence-corrected chi connectivity index (χ0v) is 14.2. The van der Waals surface area contributed by atoms with E-state index in [4.69, 9.17) is 16.3 Å². The van der Waals surface area contributed by atoms with Gasteiger partial charge in [-0.3, -0.25) is 4.79 Å². The second kappa shape index (κ2) is 5.69. The summed E-state index contributed by atoms with van der Waals surface area (Å²) in [5.74, 6) is -3.20. The van der Waals surface area contributed by atoms with E-state index >= 15 is 0 Å². The summed E-state index contributed by atoms with van der Waals surface area (Å²) in [5.41, 5.74) is 2.04. The quantitative estimate of drug-likeness (QED) is 0.904. The van der Waals surface area contributed by atoms with Gasteiger partial charge < -0.3 is 10.1 Å². The molecule has 0 saturated heterocycles. The van der Waals surface area contributed by atoms with Crippen LogP contribution >= 0.6 is 11.6 Å². The number of alkyl halides is 2. The number of carbonyl (C=O) groups excluding carboxylic acids is 1. The number of hydrogen-bond acceptors (Lipinski definition) is 3. The maximum Gasteiger partial charge on any atom is 0.300 e. The van der Waals surface area contributed by atoms with Crippen molar-refractivity contribution in [3.63, 3.8) is 0 Å². The summed E-state index contributed by atoms with van der Waals surface area (Å²) in [6, 6.07) is 5.32. The first-order chi connectivity index (χ1) is 11.8. The molecule has 1 amide bonds. The lowest BCUT2D eigenvalue weighted by Gasteiger charge is -2.24. The predicted octanol–water partition coefficient (Wildman–Crippen LogP) is 3.43. The van der Waals surface area contributed by atoms with Gasteiger partial charge in [0.25, 0.3) is 5.91 Å². The highest BCUT2D eigenvalue weighted by Gasteiger charge is 2.40. The average molecular weight is 368 g/mol. The van der Waals surface area contributed by atoms with E-state index in [1.165, 1.54) is 0 Å². The first-order valence-electron chi connectivity index (χ1n) is 8.03. The molecular weight excluding hydrogens is 352 g/mol. The summed E-state index contributed by atoms with van der Waals surface area (Å²) >= 11 is 6.01. The Morgan fingerprint density at radius 3 is 2.88 bits per heavy atom. The lowest BCUT2D eigenvalue weighted by molar-refractivity contribution is -0.0793. The molecule has 1 aliphatic heterocycles. The van der Waals surface area contributed by atoms with Crippen molar-refractivity contribution < 1.29 is 18.3 Å². The number of aryl methyl sites for hydroxylation is 1. The van der Waals surface area contributed by atoms with Crippen LogP contribution < -0.4 is 10.1 Å². The van der Waals surface area contributed by atoms with Gasteiger partial charge in [-0.2, -0.15) is 5.10 Å². The number of fused-ring (bicyclic) bond motifs is 1. The molecule has 25 heavy (non-hydrogen) atoms. The zero-order chi connectivity index (χ0) is 17.8. The van der Waals surface area contributed by atoms with Crippen LogP contribution in [0.5, 0.6) is 5.88 Å². The Bertz CT molecular complexity index is 862. The van der Waals surface area contributed by atoms with Crippen LogP contribution in [0, 0.1) is 6.92 Å². The number of carbonyl (C=O) groups is 1. The smallest absolute Gasteiger partial charge is 0.300 e. The van der Waals surface area contributed by atoms with E-state index in [1.807, 2.05) is 6.92 Å². The number of benzene rings is 1. The van der Waals surface area contributed by atoms with Gasteiger partial charge in [0.05, 0.1) is 5.56 Å². The maximum atomic E-state index is 13.7. The molecule has 1 fully saturated rings. The van der Waals surface area contributed by atoms with Gasteiger partial charge in [-0.25, -0.2) is 13.5 Å². The molecule has 4 rings (SSSR count). The third-order valence-electron chi connectivity index (χ3n) is 4.29. The fourth-order valence-corrected chi connectivity index (χ4v) is 3.16. The standard InChI is InChI=1S/C17H16ClF2N3O2/c1-9-6-10(18)2-5-12(9)13-14(15(24)21-11-3-4-11)22-23-7-17(19,20)8-25-16(13)23/h2,5-6,11H,3-4,7-8H2,1H3,(H,21,24). The van der Waals surface area contributed by atoms with Gasteiger partial charge in [0, 0.05) is 11.1 Å². The van der Waals surface area contributed by atoms with Crippen LogP contribution in [-0.2, 0) is 6.54 Å². The van der Waals surface area contributed by atoms with Gasteiger partial charge in [-0.1, -0.05) is 17.7 Å². The summed E-state index contributed by atoms with van der Waals surface area (Å²) in [6.45, 7) is 0.492. The van der Waals surface area contributed by atoms with Crippen molar-refractivity contribution in [3.05, 3.63) is 34.5 Å². The number of nitrogens with zero attached hydrogens (tertiary/aromatic N) is 2.